The molecule has 102 valence electrons. The summed E-state index contributed by atoms with van der Waals surface area (Å²) in [6.45, 7) is 7.18. The molecule has 1 atom stereocenters. The van der Waals surface area contributed by atoms with Crippen LogP contribution in [-0.4, -0.2) is 44.9 Å². The van der Waals surface area contributed by atoms with Gasteiger partial charge < -0.3 is 15.0 Å². The monoisotopic (exact) mass is 269 g/mol. The second-order valence-corrected chi connectivity index (χ2v) is 5.76. The van der Waals surface area contributed by atoms with Crippen molar-refractivity contribution in [2.75, 3.05) is 44.8 Å². The van der Waals surface area contributed by atoms with Gasteiger partial charge in [0.05, 0.1) is 12.3 Å². The summed E-state index contributed by atoms with van der Waals surface area (Å²) >= 11 is 1.76. The van der Waals surface area contributed by atoms with E-state index in [0.29, 0.717) is 0 Å². The molecule has 0 saturated carbocycles. The zero-order valence-corrected chi connectivity index (χ0v) is 12.1. The summed E-state index contributed by atoms with van der Waals surface area (Å²) in [6.07, 6.45) is 2.59. The van der Waals surface area contributed by atoms with Crippen molar-refractivity contribution >= 4 is 16.5 Å². The number of hydrogen-bond acceptors (Lipinski definition) is 5. The molecule has 0 spiro atoms. The summed E-state index contributed by atoms with van der Waals surface area (Å²) < 4.78 is 5.04. The van der Waals surface area contributed by atoms with Crippen molar-refractivity contribution in [3.05, 3.63) is 11.1 Å². The van der Waals surface area contributed by atoms with Crippen LogP contribution in [0.1, 0.15) is 18.5 Å². The summed E-state index contributed by atoms with van der Waals surface area (Å²) in [6, 6.07) is 0. The van der Waals surface area contributed by atoms with Gasteiger partial charge in [-0.1, -0.05) is 0 Å². The van der Waals surface area contributed by atoms with Crippen LogP contribution in [-0.2, 0) is 4.74 Å². The summed E-state index contributed by atoms with van der Waals surface area (Å²) in [5.74, 6) is 0.736. The van der Waals surface area contributed by atoms with Crippen LogP contribution in [0.2, 0.25) is 0 Å². The highest BCUT2D eigenvalue weighted by Gasteiger charge is 2.21. The number of anilines is 1. The minimum atomic E-state index is 0.736. The molecule has 0 amide bonds. The maximum absolute atomic E-state index is 5.04. The normalized spacial score (nSPS) is 20.3. The average Bonchev–Trinajstić information content (AvgIpc) is 2.82. The molecular formula is C13H23N3OS. The van der Waals surface area contributed by atoms with E-state index in [4.69, 9.17) is 4.74 Å². The molecule has 0 radical (unpaired) electrons. The number of ether oxygens (including phenoxy) is 1. The SMILES string of the molecule is COCCNCC1CCCN(c2nc(C)cs2)C1. The molecule has 0 bridgehead atoms. The first-order valence-corrected chi connectivity index (χ1v) is 7.54. The maximum Gasteiger partial charge on any atom is 0.185 e. The number of aromatic nitrogens is 1. The van der Waals surface area contributed by atoms with E-state index in [1.807, 2.05) is 0 Å². The number of piperidine rings is 1. The zero-order chi connectivity index (χ0) is 12.8. The summed E-state index contributed by atoms with van der Waals surface area (Å²) in [7, 11) is 1.74. The Kier molecular flexibility index (Phi) is 5.41. The van der Waals surface area contributed by atoms with Crippen LogP contribution < -0.4 is 10.2 Å². The number of aryl methyl sites for hydroxylation is 1. The van der Waals surface area contributed by atoms with Gasteiger partial charge in [-0.05, 0) is 32.2 Å². The van der Waals surface area contributed by atoms with Crippen LogP contribution in [0, 0.1) is 12.8 Å². The van der Waals surface area contributed by atoms with Gasteiger partial charge in [0.15, 0.2) is 5.13 Å². The minimum Gasteiger partial charge on any atom is -0.383 e. The van der Waals surface area contributed by atoms with Crippen molar-refractivity contribution in [3.63, 3.8) is 0 Å². The third kappa shape index (κ3) is 3.93. The number of rotatable bonds is 6. The van der Waals surface area contributed by atoms with Crippen molar-refractivity contribution in [3.8, 4) is 0 Å². The van der Waals surface area contributed by atoms with Crippen LogP contribution in [0.3, 0.4) is 0 Å². The Morgan fingerprint density at radius 3 is 3.22 bits per heavy atom. The standard InChI is InChI=1S/C13H23N3OS/c1-11-10-18-13(15-11)16-6-3-4-12(9-16)8-14-5-7-17-2/h10,12,14H,3-9H2,1-2H3. The lowest BCUT2D eigenvalue weighted by atomic mass is 9.98. The van der Waals surface area contributed by atoms with E-state index in [9.17, 15) is 0 Å². The fraction of sp³-hybridized carbons (Fsp3) is 0.769. The lowest BCUT2D eigenvalue weighted by molar-refractivity contribution is 0.197. The molecule has 1 unspecified atom stereocenters. The molecule has 2 rings (SSSR count). The lowest BCUT2D eigenvalue weighted by Crippen LogP contribution is -2.40. The number of nitrogens with one attached hydrogen (secondary N) is 1. The van der Waals surface area contributed by atoms with Gasteiger partial charge in [-0.2, -0.15) is 0 Å². The van der Waals surface area contributed by atoms with Crippen LogP contribution in [0.4, 0.5) is 5.13 Å². The highest BCUT2D eigenvalue weighted by molar-refractivity contribution is 7.13. The fourth-order valence-corrected chi connectivity index (χ4v) is 3.21. The molecule has 4 nitrogen and oxygen atoms in total. The maximum atomic E-state index is 5.04. The van der Waals surface area contributed by atoms with Crippen LogP contribution >= 0.6 is 11.3 Å². The van der Waals surface area contributed by atoms with E-state index in [1.165, 1.54) is 18.0 Å². The third-order valence-electron chi connectivity index (χ3n) is 3.31. The Morgan fingerprint density at radius 2 is 2.50 bits per heavy atom. The number of nitrogens with zero attached hydrogens (tertiary/aromatic N) is 2. The van der Waals surface area contributed by atoms with Gasteiger partial charge in [-0.15, -0.1) is 11.3 Å². The van der Waals surface area contributed by atoms with Crippen molar-refractivity contribution in [2.45, 2.75) is 19.8 Å². The van der Waals surface area contributed by atoms with Gasteiger partial charge in [0.1, 0.15) is 0 Å². The lowest BCUT2D eigenvalue weighted by Gasteiger charge is -2.32. The van der Waals surface area contributed by atoms with E-state index >= 15 is 0 Å². The predicted molar refractivity (Wildman–Crippen MR) is 76.5 cm³/mol. The molecule has 0 aromatic carbocycles. The Labute approximate surface area is 113 Å². The van der Waals surface area contributed by atoms with E-state index < -0.39 is 0 Å². The van der Waals surface area contributed by atoms with Gasteiger partial charge in [-0.25, -0.2) is 4.98 Å². The highest BCUT2D eigenvalue weighted by atomic mass is 32.1. The van der Waals surface area contributed by atoms with Gasteiger partial charge >= 0.3 is 0 Å². The quantitative estimate of drug-likeness (QED) is 0.801. The second kappa shape index (κ2) is 7.07. The predicted octanol–water partition coefficient (Wildman–Crippen LogP) is 1.90. The summed E-state index contributed by atoms with van der Waals surface area (Å²) in [4.78, 5) is 7.02. The second-order valence-electron chi connectivity index (χ2n) is 4.92. The Morgan fingerprint density at radius 1 is 1.61 bits per heavy atom. The smallest absolute Gasteiger partial charge is 0.185 e. The first-order valence-electron chi connectivity index (χ1n) is 6.66. The summed E-state index contributed by atoms with van der Waals surface area (Å²) in [5, 5.41) is 6.79. The Bertz CT molecular complexity index is 356. The highest BCUT2D eigenvalue weighted by Crippen LogP contribution is 2.25. The van der Waals surface area contributed by atoms with E-state index in [0.717, 1.165) is 44.4 Å². The molecule has 1 aliphatic heterocycles. The molecule has 1 fully saturated rings. The number of thiazole rings is 1. The molecule has 18 heavy (non-hydrogen) atoms. The molecule has 1 aromatic heterocycles. The van der Waals surface area contributed by atoms with Gasteiger partial charge in [0.25, 0.3) is 0 Å². The minimum absolute atomic E-state index is 0.736. The Balaban J connectivity index is 1.77. The van der Waals surface area contributed by atoms with E-state index in [1.54, 1.807) is 18.4 Å². The zero-order valence-electron chi connectivity index (χ0n) is 11.3. The molecule has 1 saturated heterocycles. The van der Waals surface area contributed by atoms with Crippen LogP contribution in [0.5, 0.6) is 0 Å². The molecule has 0 aliphatic carbocycles. The molecular weight excluding hydrogens is 246 g/mol. The number of methoxy groups -OCH3 is 1. The molecule has 5 heteroatoms. The van der Waals surface area contributed by atoms with Crippen molar-refractivity contribution < 1.29 is 4.74 Å². The van der Waals surface area contributed by atoms with Crippen LogP contribution in [0.25, 0.3) is 0 Å². The fourth-order valence-electron chi connectivity index (χ4n) is 2.37. The van der Waals surface area contributed by atoms with Crippen molar-refractivity contribution in [1.29, 1.82) is 0 Å². The molecule has 2 heterocycles. The largest absolute Gasteiger partial charge is 0.383 e. The molecule has 1 N–H and O–H groups in total. The van der Waals surface area contributed by atoms with Gasteiger partial charge in [0, 0.05) is 32.1 Å². The average molecular weight is 269 g/mol. The van der Waals surface area contributed by atoms with Crippen LogP contribution in [0.15, 0.2) is 5.38 Å². The van der Waals surface area contributed by atoms with Gasteiger partial charge in [-0.3, -0.25) is 0 Å². The Hall–Kier alpha value is -0.650. The first kappa shape index (κ1) is 13.8. The molecule has 1 aliphatic rings. The van der Waals surface area contributed by atoms with Crippen molar-refractivity contribution in [2.24, 2.45) is 5.92 Å². The van der Waals surface area contributed by atoms with E-state index in [2.05, 4.69) is 27.5 Å². The van der Waals surface area contributed by atoms with Gasteiger partial charge in [0.2, 0.25) is 0 Å². The van der Waals surface area contributed by atoms with Crippen molar-refractivity contribution in [1.82, 2.24) is 10.3 Å². The van der Waals surface area contributed by atoms with E-state index in [-0.39, 0.29) is 0 Å². The third-order valence-corrected chi connectivity index (χ3v) is 4.33. The summed E-state index contributed by atoms with van der Waals surface area (Å²) in [5.41, 5.74) is 1.13. The molecule has 1 aromatic rings. The first-order chi connectivity index (χ1) is 8.79. The topological polar surface area (TPSA) is 37.4 Å². The number of hydrogen-bond donors (Lipinski definition) is 1.